The molecule has 0 heterocycles. The monoisotopic (exact) mass is 478 g/mol. The van der Waals surface area contributed by atoms with E-state index < -0.39 is 18.1 Å². The molecule has 0 spiro atoms. The Hall–Kier alpha value is -3.35. The smallest absolute Gasteiger partial charge is 0.407 e. The van der Waals surface area contributed by atoms with Gasteiger partial charge in [-0.15, -0.1) is 0 Å². The number of amides is 2. The quantitative estimate of drug-likeness (QED) is 0.503. The lowest BCUT2D eigenvalue weighted by Crippen LogP contribution is -2.54. The number of fused-ring (bicyclic) bond motifs is 3. The highest BCUT2D eigenvalue weighted by molar-refractivity contribution is 5.86. The molecule has 3 N–H and O–H groups in total. The number of carbonyl (C=O) groups excluding carboxylic acids is 2. The summed E-state index contributed by atoms with van der Waals surface area (Å²) in [6.07, 6.45) is 3.09. The Balaban J connectivity index is 1.41. The predicted molar refractivity (Wildman–Crippen MR) is 133 cm³/mol. The summed E-state index contributed by atoms with van der Waals surface area (Å²) < 4.78 is 5.58. The summed E-state index contributed by atoms with van der Waals surface area (Å²) in [5.41, 5.74) is 4.41. The van der Waals surface area contributed by atoms with E-state index in [1.165, 1.54) is 0 Å². The van der Waals surface area contributed by atoms with E-state index >= 15 is 0 Å². The summed E-state index contributed by atoms with van der Waals surface area (Å²) in [5.74, 6) is -1.47. The number of carbonyl (C=O) groups is 3. The van der Waals surface area contributed by atoms with Crippen molar-refractivity contribution in [2.24, 2.45) is 5.41 Å². The number of aliphatic carboxylic acids is 1. The van der Waals surface area contributed by atoms with Crippen LogP contribution in [0.5, 0.6) is 0 Å². The van der Waals surface area contributed by atoms with E-state index in [0.29, 0.717) is 0 Å². The highest BCUT2D eigenvalue weighted by atomic mass is 16.5. The molecule has 2 atom stereocenters. The number of hydrogen-bond acceptors (Lipinski definition) is 4. The third kappa shape index (κ3) is 5.66. The van der Waals surface area contributed by atoms with Gasteiger partial charge in [0.15, 0.2) is 0 Å². The predicted octanol–water partition coefficient (Wildman–Crippen LogP) is 4.84. The van der Waals surface area contributed by atoms with Crippen LogP contribution in [0.3, 0.4) is 0 Å². The lowest BCUT2D eigenvalue weighted by atomic mass is 9.73. The zero-order chi connectivity index (χ0) is 25.0. The average Bonchev–Trinajstić information content (AvgIpc) is 3.15. The molecule has 0 aromatic heterocycles. The van der Waals surface area contributed by atoms with Gasteiger partial charge < -0.3 is 20.5 Å². The van der Waals surface area contributed by atoms with Gasteiger partial charge in [0.1, 0.15) is 12.6 Å². The summed E-state index contributed by atoms with van der Waals surface area (Å²) in [6.45, 7) is 4.38. The average molecular weight is 479 g/mol. The van der Waals surface area contributed by atoms with Gasteiger partial charge in [-0.1, -0.05) is 75.2 Å². The molecule has 4 rings (SSSR count). The van der Waals surface area contributed by atoms with E-state index in [1.54, 1.807) is 0 Å². The summed E-state index contributed by atoms with van der Waals surface area (Å²) >= 11 is 0. The molecule has 1 fully saturated rings. The van der Waals surface area contributed by atoms with Gasteiger partial charge >= 0.3 is 12.1 Å². The molecule has 2 unspecified atom stereocenters. The standard InChI is InChI=1S/C28H34N2O5/c1-28(2)16-8-7-13-24(28)30-26(33)23(14-15-25(31)32)29-27(34)35-17-22-20-11-5-3-9-18(20)19-10-4-6-12-21(19)22/h3-6,9-12,22-24H,7-8,13-17H2,1-2H3,(H,29,34)(H,30,33)(H,31,32). The molecule has 0 aliphatic heterocycles. The van der Waals surface area contributed by atoms with E-state index in [-0.39, 0.29) is 42.7 Å². The van der Waals surface area contributed by atoms with Crippen molar-refractivity contribution in [3.8, 4) is 11.1 Å². The van der Waals surface area contributed by atoms with Crippen molar-refractivity contribution < 1.29 is 24.2 Å². The molecule has 35 heavy (non-hydrogen) atoms. The molecule has 2 amide bonds. The zero-order valence-corrected chi connectivity index (χ0v) is 20.4. The Bertz CT molecular complexity index is 1050. The maximum atomic E-state index is 13.1. The third-order valence-electron chi connectivity index (χ3n) is 7.42. The van der Waals surface area contributed by atoms with Crippen molar-refractivity contribution in [3.05, 3.63) is 59.7 Å². The molecule has 1 saturated carbocycles. The van der Waals surface area contributed by atoms with E-state index in [0.717, 1.165) is 47.9 Å². The Morgan fingerprint density at radius 1 is 1.03 bits per heavy atom. The molecule has 7 heteroatoms. The molecule has 2 aliphatic carbocycles. The van der Waals surface area contributed by atoms with Gasteiger partial charge in [-0.3, -0.25) is 9.59 Å². The molecule has 0 radical (unpaired) electrons. The van der Waals surface area contributed by atoms with Gasteiger partial charge in [0.2, 0.25) is 5.91 Å². The van der Waals surface area contributed by atoms with Crippen molar-refractivity contribution in [2.45, 2.75) is 70.4 Å². The fourth-order valence-electron chi connectivity index (χ4n) is 5.35. The lowest BCUT2D eigenvalue weighted by Gasteiger charge is -2.39. The first-order valence-corrected chi connectivity index (χ1v) is 12.4. The van der Waals surface area contributed by atoms with E-state index in [1.807, 2.05) is 36.4 Å². The molecule has 2 aromatic rings. The topological polar surface area (TPSA) is 105 Å². The van der Waals surface area contributed by atoms with Crippen LogP contribution in [-0.4, -0.2) is 41.8 Å². The van der Waals surface area contributed by atoms with E-state index in [2.05, 4.69) is 36.6 Å². The van der Waals surface area contributed by atoms with Gasteiger partial charge in [-0.05, 0) is 46.9 Å². The van der Waals surface area contributed by atoms with Crippen molar-refractivity contribution in [2.75, 3.05) is 6.61 Å². The largest absolute Gasteiger partial charge is 0.481 e. The Morgan fingerprint density at radius 3 is 2.26 bits per heavy atom. The minimum absolute atomic E-state index is 0.00148. The second kappa shape index (κ2) is 10.5. The molecule has 7 nitrogen and oxygen atoms in total. The summed E-state index contributed by atoms with van der Waals surface area (Å²) in [5, 5.41) is 14.8. The molecule has 186 valence electrons. The van der Waals surface area contributed by atoms with Crippen LogP contribution in [0, 0.1) is 5.41 Å². The number of benzene rings is 2. The first kappa shape index (κ1) is 24.8. The van der Waals surface area contributed by atoms with Gasteiger partial charge in [-0.2, -0.15) is 0 Å². The van der Waals surface area contributed by atoms with Crippen LogP contribution in [0.15, 0.2) is 48.5 Å². The van der Waals surface area contributed by atoms with Crippen molar-refractivity contribution in [3.63, 3.8) is 0 Å². The van der Waals surface area contributed by atoms with Crippen LogP contribution >= 0.6 is 0 Å². The number of nitrogens with one attached hydrogen (secondary N) is 2. The molecule has 2 aliphatic rings. The molecule has 2 aromatic carbocycles. The summed E-state index contributed by atoms with van der Waals surface area (Å²) in [7, 11) is 0. The Kier molecular flexibility index (Phi) is 7.43. The molecule has 0 saturated heterocycles. The molecule has 0 bridgehead atoms. The minimum atomic E-state index is -1.02. The Labute approximate surface area is 206 Å². The van der Waals surface area contributed by atoms with Gasteiger partial charge in [0.25, 0.3) is 0 Å². The normalized spacial score (nSPS) is 19.2. The van der Waals surface area contributed by atoms with Gasteiger partial charge in [-0.25, -0.2) is 4.79 Å². The molecular formula is C28H34N2O5. The van der Waals surface area contributed by atoms with Crippen molar-refractivity contribution in [1.29, 1.82) is 0 Å². The summed E-state index contributed by atoms with van der Waals surface area (Å²) in [4.78, 5) is 37.0. The molecular weight excluding hydrogens is 444 g/mol. The number of rotatable bonds is 8. The second-order valence-corrected chi connectivity index (χ2v) is 10.3. The van der Waals surface area contributed by atoms with Crippen LogP contribution in [0.1, 0.15) is 69.4 Å². The first-order valence-electron chi connectivity index (χ1n) is 12.4. The number of hydrogen-bond donors (Lipinski definition) is 3. The Morgan fingerprint density at radius 2 is 1.66 bits per heavy atom. The minimum Gasteiger partial charge on any atom is -0.481 e. The number of carboxylic acid groups (broad SMARTS) is 1. The fourth-order valence-corrected chi connectivity index (χ4v) is 5.35. The van der Waals surface area contributed by atoms with Crippen LogP contribution in [-0.2, 0) is 14.3 Å². The van der Waals surface area contributed by atoms with E-state index in [9.17, 15) is 14.4 Å². The first-order chi connectivity index (χ1) is 16.8. The number of ether oxygens (including phenoxy) is 1. The highest BCUT2D eigenvalue weighted by Gasteiger charge is 2.35. The maximum absolute atomic E-state index is 13.1. The van der Waals surface area contributed by atoms with Crippen molar-refractivity contribution in [1.82, 2.24) is 10.6 Å². The van der Waals surface area contributed by atoms with Crippen LogP contribution in [0.4, 0.5) is 4.79 Å². The lowest BCUT2D eigenvalue weighted by molar-refractivity contribution is -0.137. The number of carboxylic acids is 1. The van der Waals surface area contributed by atoms with Crippen LogP contribution < -0.4 is 10.6 Å². The summed E-state index contributed by atoms with van der Waals surface area (Å²) in [6, 6.07) is 15.1. The van der Waals surface area contributed by atoms with Crippen LogP contribution in [0.2, 0.25) is 0 Å². The van der Waals surface area contributed by atoms with Gasteiger partial charge in [0.05, 0.1) is 0 Å². The van der Waals surface area contributed by atoms with E-state index in [4.69, 9.17) is 9.84 Å². The zero-order valence-electron chi connectivity index (χ0n) is 20.4. The number of alkyl carbamates (subject to hydrolysis) is 1. The highest BCUT2D eigenvalue weighted by Crippen LogP contribution is 2.44. The fraction of sp³-hybridized carbons (Fsp3) is 0.464. The maximum Gasteiger partial charge on any atom is 0.407 e. The second-order valence-electron chi connectivity index (χ2n) is 10.3. The van der Waals surface area contributed by atoms with Crippen LogP contribution in [0.25, 0.3) is 11.1 Å². The van der Waals surface area contributed by atoms with Gasteiger partial charge in [0, 0.05) is 18.4 Å². The SMILES string of the molecule is CC1(C)CCCCC1NC(=O)C(CCC(=O)O)NC(=O)OCC1c2ccccc2-c2ccccc21. The van der Waals surface area contributed by atoms with Crippen molar-refractivity contribution >= 4 is 18.0 Å². The third-order valence-corrected chi connectivity index (χ3v) is 7.42.